The molecule has 0 bridgehead atoms. The van der Waals surface area contributed by atoms with Crippen LogP contribution >= 0.6 is 0 Å². The van der Waals surface area contributed by atoms with Crippen molar-refractivity contribution in [2.45, 2.75) is 52.4 Å². The van der Waals surface area contributed by atoms with Gasteiger partial charge in [-0.3, -0.25) is 0 Å². The molecule has 0 N–H and O–H groups in total. The maximum absolute atomic E-state index is 9.66. The van der Waals surface area contributed by atoms with Gasteiger partial charge in [0, 0.05) is 16.3 Å². The summed E-state index contributed by atoms with van der Waals surface area (Å²) in [6.07, 6.45) is 0. The lowest BCUT2D eigenvalue weighted by Gasteiger charge is -2.19. The van der Waals surface area contributed by atoms with Gasteiger partial charge in [0.25, 0.3) is 0 Å². The van der Waals surface area contributed by atoms with Gasteiger partial charge >= 0.3 is 0 Å². The zero-order chi connectivity index (χ0) is 30.5. The maximum Gasteiger partial charge on any atom is 0.101 e. The summed E-state index contributed by atoms with van der Waals surface area (Å²) in [4.78, 5) is 0. The summed E-state index contributed by atoms with van der Waals surface area (Å²) in [5.41, 5.74) is 11.0. The van der Waals surface area contributed by atoms with E-state index in [4.69, 9.17) is 0 Å². The van der Waals surface area contributed by atoms with Crippen molar-refractivity contribution in [3.8, 4) is 40.1 Å². The molecule has 6 rings (SSSR count). The Morgan fingerprint density at radius 2 is 1.05 bits per heavy atom. The van der Waals surface area contributed by atoms with Crippen molar-refractivity contribution >= 4 is 21.8 Å². The van der Waals surface area contributed by atoms with Crippen molar-refractivity contribution in [1.29, 1.82) is 10.5 Å². The quantitative estimate of drug-likeness (QED) is 0.217. The Kier molecular flexibility index (Phi) is 6.71. The van der Waals surface area contributed by atoms with Crippen LogP contribution < -0.4 is 0 Å². The summed E-state index contributed by atoms with van der Waals surface area (Å²) in [6.45, 7) is 13.6. The van der Waals surface area contributed by atoms with E-state index >= 15 is 0 Å². The topological polar surface area (TPSA) is 52.5 Å². The first-order chi connectivity index (χ1) is 20.5. The molecule has 210 valence electrons. The minimum absolute atomic E-state index is 0.0322. The summed E-state index contributed by atoms with van der Waals surface area (Å²) in [6, 6.07) is 40.6. The van der Waals surface area contributed by atoms with Crippen LogP contribution in [0.15, 0.2) is 103 Å². The Morgan fingerprint density at radius 3 is 1.58 bits per heavy atom. The molecule has 5 aromatic carbocycles. The fourth-order valence-corrected chi connectivity index (χ4v) is 5.89. The zero-order valence-electron chi connectivity index (χ0n) is 25.7. The van der Waals surface area contributed by atoms with Gasteiger partial charge in [-0.15, -0.1) is 0 Å². The third-order valence-electron chi connectivity index (χ3n) is 8.41. The predicted octanol–water partition coefficient (Wildman–Crippen LogP) is 10.5. The second kappa shape index (κ2) is 10.3. The molecule has 6 aromatic rings. The first-order valence-electron chi connectivity index (χ1n) is 14.7. The van der Waals surface area contributed by atoms with Gasteiger partial charge in [-0.2, -0.15) is 10.5 Å². The highest BCUT2D eigenvalue weighted by Gasteiger charge is 2.22. The normalized spacial score (nSPS) is 11.9. The van der Waals surface area contributed by atoms with E-state index in [1.807, 2.05) is 18.2 Å². The lowest BCUT2D eigenvalue weighted by atomic mass is 9.85. The van der Waals surface area contributed by atoms with Gasteiger partial charge in [-0.1, -0.05) is 96.1 Å². The first kappa shape index (κ1) is 28.0. The van der Waals surface area contributed by atoms with Crippen LogP contribution in [0.4, 0.5) is 0 Å². The smallest absolute Gasteiger partial charge is 0.101 e. The van der Waals surface area contributed by atoms with Crippen LogP contribution in [0.3, 0.4) is 0 Å². The van der Waals surface area contributed by atoms with Gasteiger partial charge in [0.2, 0.25) is 0 Å². The average Bonchev–Trinajstić information content (AvgIpc) is 3.33. The summed E-state index contributed by atoms with van der Waals surface area (Å²) < 4.78 is 2.40. The van der Waals surface area contributed by atoms with E-state index in [1.54, 1.807) is 6.07 Å². The molecular formula is C40H35N3. The van der Waals surface area contributed by atoms with Crippen LogP contribution in [0.1, 0.15) is 63.8 Å². The van der Waals surface area contributed by atoms with Crippen molar-refractivity contribution in [3.63, 3.8) is 0 Å². The predicted molar refractivity (Wildman–Crippen MR) is 178 cm³/mol. The lowest BCUT2D eigenvalue weighted by Crippen LogP contribution is -2.10. The monoisotopic (exact) mass is 557 g/mol. The molecule has 0 fully saturated rings. The average molecular weight is 558 g/mol. The SMILES string of the molecule is CC(C)(C)c1ccc2c(c1)c1cc(C(C)(C)C)ccc1n2-c1ccc(-c2ccc(C#N)c(C#N)c2)cc1-c1ccccc1. The molecule has 1 aromatic heterocycles. The minimum Gasteiger partial charge on any atom is -0.309 e. The first-order valence-corrected chi connectivity index (χ1v) is 14.7. The third-order valence-corrected chi connectivity index (χ3v) is 8.41. The Labute approximate surface area is 254 Å². The summed E-state index contributed by atoms with van der Waals surface area (Å²) in [5.74, 6) is 0. The largest absolute Gasteiger partial charge is 0.309 e. The molecule has 0 aliphatic heterocycles. The van der Waals surface area contributed by atoms with Crippen molar-refractivity contribution < 1.29 is 0 Å². The number of hydrogen-bond acceptors (Lipinski definition) is 2. The van der Waals surface area contributed by atoms with E-state index in [9.17, 15) is 10.5 Å². The van der Waals surface area contributed by atoms with Crippen molar-refractivity contribution in [1.82, 2.24) is 4.57 Å². The van der Waals surface area contributed by atoms with Gasteiger partial charge in [0.05, 0.1) is 27.8 Å². The lowest BCUT2D eigenvalue weighted by molar-refractivity contribution is 0.590. The van der Waals surface area contributed by atoms with Gasteiger partial charge in [0.1, 0.15) is 12.1 Å². The van der Waals surface area contributed by atoms with Crippen LogP contribution in [0.25, 0.3) is 49.7 Å². The minimum atomic E-state index is 0.0322. The Balaban J connectivity index is 1.67. The summed E-state index contributed by atoms with van der Waals surface area (Å²) in [7, 11) is 0. The highest BCUT2D eigenvalue weighted by Crippen LogP contribution is 2.41. The molecule has 0 saturated carbocycles. The molecule has 0 radical (unpaired) electrons. The number of benzene rings is 5. The standard InChI is InChI=1S/C40H35N3/c1-39(2,3)31-15-18-37-34(22-31)35-23-32(40(4,5)6)16-19-38(35)43(37)36-17-14-28(21-33(36)26-10-8-7-9-11-26)27-12-13-29(24-41)30(20-27)25-42/h7-23H,1-6H3. The number of hydrogen-bond donors (Lipinski definition) is 0. The molecule has 0 unspecified atom stereocenters. The van der Waals surface area contributed by atoms with E-state index in [0.29, 0.717) is 11.1 Å². The van der Waals surface area contributed by atoms with Crippen LogP contribution in [-0.2, 0) is 10.8 Å². The molecule has 0 aliphatic rings. The molecule has 0 atom stereocenters. The van der Waals surface area contributed by atoms with E-state index in [1.165, 1.54) is 32.9 Å². The molecule has 43 heavy (non-hydrogen) atoms. The number of rotatable bonds is 3. The van der Waals surface area contributed by atoms with Crippen LogP contribution in [0.2, 0.25) is 0 Å². The number of aromatic nitrogens is 1. The van der Waals surface area contributed by atoms with Crippen LogP contribution in [-0.4, -0.2) is 4.57 Å². The molecule has 0 spiro atoms. The molecule has 1 heterocycles. The van der Waals surface area contributed by atoms with Crippen LogP contribution in [0, 0.1) is 22.7 Å². The maximum atomic E-state index is 9.66. The molecular weight excluding hydrogens is 522 g/mol. The Bertz CT molecular complexity index is 2030. The number of fused-ring (bicyclic) bond motifs is 3. The van der Waals surface area contributed by atoms with E-state index in [0.717, 1.165) is 27.9 Å². The summed E-state index contributed by atoms with van der Waals surface area (Å²) in [5, 5.41) is 21.6. The molecule has 3 nitrogen and oxygen atoms in total. The Hall–Kier alpha value is -5.12. The van der Waals surface area contributed by atoms with Gasteiger partial charge in [-0.25, -0.2) is 0 Å². The van der Waals surface area contributed by atoms with Crippen LogP contribution in [0.5, 0.6) is 0 Å². The van der Waals surface area contributed by atoms with E-state index in [2.05, 4.69) is 137 Å². The fourth-order valence-electron chi connectivity index (χ4n) is 5.89. The van der Waals surface area contributed by atoms with E-state index < -0.39 is 0 Å². The third kappa shape index (κ3) is 4.98. The molecule has 0 amide bonds. The Morgan fingerprint density at radius 1 is 0.512 bits per heavy atom. The molecule has 3 heteroatoms. The van der Waals surface area contributed by atoms with E-state index in [-0.39, 0.29) is 10.8 Å². The molecule has 0 saturated heterocycles. The van der Waals surface area contributed by atoms with Gasteiger partial charge in [-0.05, 0) is 87.2 Å². The second-order valence-electron chi connectivity index (χ2n) is 13.4. The zero-order valence-corrected chi connectivity index (χ0v) is 25.7. The highest BCUT2D eigenvalue weighted by atomic mass is 15.0. The number of nitriles is 2. The van der Waals surface area contributed by atoms with Crippen molar-refractivity contribution in [2.75, 3.05) is 0 Å². The fraction of sp³-hybridized carbons (Fsp3) is 0.200. The van der Waals surface area contributed by atoms with Crippen molar-refractivity contribution in [3.05, 3.63) is 125 Å². The summed E-state index contributed by atoms with van der Waals surface area (Å²) >= 11 is 0. The van der Waals surface area contributed by atoms with Crippen molar-refractivity contribution in [2.24, 2.45) is 0 Å². The molecule has 0 aliphatic carbocycles. The highest BCUT2D eigenvalue weighted by molar-refractivity contribution is 6.10. The van der Waals surface area contributed by atoms with Gasteiger partial charge < -0.3 is 4.57 Å². The van der Waals surface area contributed by atoms with Gasteiger partial charge in [0.15, 0.2) is 0 Å². The number of nitrogens with zero attached hydrogens (tertiary/aromatic N) is 3. The second-order valence-corrected chi connectivity index (χ2v) is 13.4.